The van der Waals surface area contributed by atoms with Gasteiger partial charge in [-0.1, -0.05) is 0 Å². The summed E-state index contributed by atoms with van der Waals surface area (Å²) < 4.78 is 27.8. The molecule has 2 aliphatic rings. The van der Waals surface area contributed by atoms with Crippen LogP contribution in [-0.4, -0.2) is 26.9 Å². The second-order valence-electron chi connectivity index (χ2n) is 4.66. The summed E-state index contributed by atoms with van der Waals surface area (Å²) in [6, 6.07) is -0.476. The normalized spacial score (nSPS) is 38.4. The minimum Gasteiger partial charge on any atom is -0.396 e. The van der Waals surface area contributed by atoms with Gasteiger partial charge in [0, 0.05) is 30.9 Å². The van der Waals surface area contributed by atoms with Gasteiger partial charge in [0.25, 0.3) is 5.56 Å². The fourth-order valence-electron chi connectivity index (χ4n) is 2.92. The molecule has 2 fully saturated rings. The Hall–Kier alpha value is -1.50. The number of H-pyrrole nitrogens is 1. The van der Waals surface area contributed by atoms with Gasteiger partial charge in [0.1, 0.15) is 5.67 Å². The molecule has 2 N–H and O–H groups in total. The van der Waals surface area contributed by atoms with Crippen molar-refractivity contribution in [2.75, 3.05) is 6.61 Å². The summed E-state index contributed by atoms with van der Waals surface area (Å²) in [4.78, 5) is 24.1. The first kappa shape index (κ1) is 10.6. The molecule has 1 heterocycles. The highest BCUT2D eigenvalue weighted by molar-refractivity contribution is 5.25. The van der Waals surface area contributed by atoms with Crippen molar-refractivity contribution in [3.8, 4) is 0 Å². The van der Waals surface area contributed by atoms with Gasteiger partial charge in [-0.3, -0.25) is 14.3 Å². The van der Waals surface area contributed by atoms with E-state index in [1.807, 2.05) is 4.98 Å². The van der Waals surface area contributed by atoms with Crippen LogP contribution >= 0.6 is 0 Å². The molecular weight excluding hydrogens is 234 g/mol. The monoisotopic (exact) mass is 244 g/mol. The molecule has 3 rings (SSSR count). The van der Waals surface area contributed by atoms with E-state index < -0.39 is 40.6 Å². The Morgan fingerprint density at radius 1 is 1.59 bits per heavy atom. The van der Waals surface area contributed by atoms with Crippen LogP contribution in [0.1, 0.15) is 12.5 Å². The van der Waals surface area contributed by atoms with E-state index in [0.717, 1.165) is 10.8 Å². The highest BCUT2D eigenvalue weighted by Gasteiger charge is 2.77. The van der Waals surface area contributed by atoms with Crippen LogP contribution in [0.4, 0.5) is 8.78 Å². The predicted molar refractivity (Wildman–Crippen MR) is 52.8 cm³/mol. The molecule has 7 heteroatoms. The molecular formula is C10H10F2N2O3. The van der Waals surface area contributed by atoms with Crippen molar-refractivity contribution in [1.29, 1.82) is 0 Å². The Morgan fingerprint density at radius 3 is 2.88 bits per heavy atom. The third kappa shape index (κ3) is 1.20. The molecule has 1 aromatic heterocycles. The van der Waals surface area contributed by atoms with E-state index in [2.05, 4.69) is 0 Å². The standard InChI is InChI=1S/C10H10F2N2O3/c11-5-2-14(9(17)13-8(5)16)6-1-10(12)4(3-15)7(6)10/h2,4,6-7,15H,1,3H2,(H,13,16,17)/t4-,6-,7-,10+/m0/s1. The number of aliphatic hydroxyl groups excluding tert-OH is 1. The van der Waals surface area contributed by atoms with Crippen LogP contribution in [0.5, 0.6) is 0 Å². The van der Waals surface area contributed by atoms with E-state index in [1.54, 1.807) is 0 Å². The van der Waals surface area contributed by atoms with Gasteiger partial charge >= 0.3 is 5.69 Å². The van der Waals surface area contributed by atoms with Gasteiger partial charge in [-0.25, -0.2) is 9.18 Å². The Bertz CT molecular complexity index is 596. The number of hydrogen-bond donors (Lipinski definition) is 2. The molecule has 17 heavy (non-hydrogen) atoms. The highest BCUT2D eigenvalue weighted by Crippen LogP contribution is 2.71. The highest BCUT2D eigenvalue weighted by atomic mass is 19.1. The van der Waals surface area contributed by atoms with E-state index in [4.69, 9.17) is 5.11 Å². The molecule has 0 aliphatic heterocycles. The number of halogens is 2. The third-order valence-corrected chi connectivity index (χ3v) is 3.91. The van der Waals surface area contributed by atoms with Gasteiger partial charge in [-0.15, -0.1) is 0 Å². The number of aromatic nitrogens is 2. The lowest BCUT2D eigenvalue weighted by atomic mass is 9.90. The maximum atomic E-state index is 13.7. The van der Waals surface area contributed by atoms with Crippen LogP contribution in [0.25, 0.3) is 0 Å². The Labute approximate surface area is 93.7 Å². The quantitative estimate of drug-likeness (QED) is 0.741. The first-order valence-electron chi connectivity index (χ1n) is 5.30. The fraction of sp³-hybridized carbons (Fsp3) is 0.600. The molecule has 4 atom stereocenters. The van der Waals surface area contributed by atoms with E-state index in [1.165, 1.54) is 0 Å². The van der Waals surface area contributed by atoms with Crippen LogP contribution < -0.4 is 11.2 Å². The first-order chi connectivity index (χ1) is 7.99. The molecule has 5 nitrogen and oxygen atoms in total. The molecule has 0 aromatic carbocycles. The minimum atomic E-state index is -1.41. The fourth-order valence-corrected chi connectivity index (χ4v) is 2.92. The van der Waals surface area contributed by atoms with Crippen molar-refractivity contribution in [1.82, 2.24) is 9.55 Å². The van der Waals surface area contributed by atoms with Gasteiger partial charge in [-0.05, 0) is 0 Å². The summed E-state index contributed by atoms with van der Waals surface area (Å²) >= 11 is 0. The number of rotatable bonds is 2. The number of hydrogen-bond acceptors (Lipinski definition) is 3. The molecule has 0 radical (unpaired) electrons. The summed E-state index contributed by atoms with van der Waals surface area (Å²) in [5, 5.41) is 8.93. The molecule has 2 saturated carbocycles. The Kier molecular flexibility index (Phi) is 1.90. The number of nitrogens with zero attached hydrogens (tertiary/aromatic N) is 1. The Morgan fingerprint density at radius 2 is 2.29 bits per heavy atom. The van der Waals surface area contributed by atoms with Crippen molar-refractivity contribution in [2.24, 2.45) is 11.8 Å². The van der Waals surface area contributed by atoms with E-state index in [9.17, 15) is 18.4 Å². The van der Waals surface area contributed by atoms with Crippen LogP contribution in [0, 0.1) is 17.7 Å². The summed E-state index contributed by atoms with van der Waals surface area (Å²) in [7, 11) is 0. The van der Waals surface area contributed by atoms with Crippen molar-refractivity contribution in [3.05, 3.63) is 32.9 Å². The average Bonchev–Trinajstić information content (AvgIpc) is 2.73. The summed E-state index contributed by atoms with van der Waals surface area (Å²) in [6.07, 6.45) is 0.881. The summed E-state index contributed by atoms with van der Waals surface area (Å²) in [5.74, 6) is -1.99. The lowest BCUT2D eigenvalue weighted by Gasteiger charge is -2.29. The Balaban J connectivity index is 1.96. The summed E-state index contributed by atoms with van der Waals surface area (Å²) in [6.45, 7) is -0.280. The second kappa shape index (κ2) is 3.04. The number of aliphatic hydroxyl groups is 1. The number of alkyl halides is 1. The lowest BCUT2D eigenvalue weighted by Crippen LogP contribution is -2.40. The SMILES string of the molecule is O=c1[nH]c(=O)n([C@H]2C[C@]3(F)[C@H]2[C@@H]3CO)cc1F. The van der Waals surface area contributed by atoms with Crippen LogP contribution in [0.15, 0.2) is 15.8 Å². The molecule has 1 aromatic rings. The van der Waals surface area contributed by atoms with Crippen LogP contribution in [-0.2, 0) is 0 Å². The largest absolute Gasteiger partial charge is 0.396 e. The third-order valence-electron chi connectivity index (χ3n) is 3.91. The molecule has 0 saturated heterocycles. The molecule has 0 spiro atoms. The second-order valence-corrected chi connectivity index (χ2v) is 4.66. The van der Waals surface area contributed by atoms with Gasteiger partial charge < -0.3 is 5.11 Å². The zero-order valence-corrected chi connectivity index (χ0v) is 8.69. The van der Waals surface area contributed by atoms with E-state index in [0.29, 0.717) is 0 Å². The van der Waals surface area contributed by atoms with Gasteiger partial charge in [-0.2, -0.15) is 4.39 Å². The molecule has 0 amide bonds. The first-order valence-corrected chi connectivity index (χ1v) is 5.30. The predicted octanol–water partition coefficient (Wildman–Crippen LogP) is -0.433. The van der Waals surface area contributed by atoms with Crippen LogP contribution in [0.3, 0.4) is 0 Å². The molecule has 92 valence electrons. The van der Waals surface area contributed by atoms with Crippen molar-refractivity contribution in [3.63, 3.8) is 0 Å². The lowest BCUT2D eigenvalue weighted by molar-refractivity contribution is 0.112. The molecule has 2 aliphatic carbocycles. The maximum absolute atomic E-state index is 13.7. The number of aromatic amines is 1. The van der Waals surface area contributed by atoms with E-state index >= 15 is 0 Å². The zero-order valence-electron chi connectivity index (χ0n) is 8.69. The van der Waals surface area contributed by atoms with Crippen LogP contribution in [0.2, 0.25) is 0 Å². The molecule has 0 bridgehead atoms. The van der Waals surface area contributed by atoms with Crippen molar-refractivity contribution < 1.29 is 13.9 Å². The zero-order chi connectivity index (χ0) is 12.4. The van der Waals surface area contributed by atoms with Crippen molar-refractivity contribution in [2.45, 2.75) is 18.1 Å². The summed E-state index contributed by atoms with van der Waals surface area (Å²) in [5.41, 5.74) is -3.23. The smallest absolute Gasteiger partial charge is 0.328 e. The van der Waals surface area contributed by atoms with Gasteiger partial charge in [0.05, 0.1) is 6.20 Å². The topological polar surface area (TPSA) is 75.1 Å². The maximum Gasteiger partial charge on any atom is 0.328 e. The van der Waals surface area contributed by atoms with Gasteiger partial charge in [0.15, 0.2) is 0 Å². The van der Waals surface area contributed by atoms with Crippen molar-refractivity contribution >= 4 is 0 Å². The van der Waals surface area contributed by atoms with Gasteiger partial charge in [0.2, 0.25) is 5.82 Å². The number of nitrogens with one attached hydrogen (secondary N) is 1. The molecule has 0 unspecified atom stereocenters. The van der Waals surface area contributed by atoms with E-state index in [-0.39, 0.29) is 13.0 Å². The number of fused-ring (bicyclic) bond motifs is 1. The average molecular weight is 244 g/mol. The minimum absolute atomic E-state index is 0.0777.